The third-order valence-corrected chi connectivity index (χ3v) is 4.36. The van der Waals surface area contributed by atoms with Crippen LogP contribution < -0.4 is 0 Å². The van der Waals surface area contributed by atoms with E-state index in [-0.39, 0.29) is 0 Å². The topological polar surface area (TPSA) is 16.1 Å². The molecule has 2 nitrogen and oxygen atoms in total. The summed E-state index contributed by atoms with van der Waals surface area (Å²) in [5, 5.41) is 0. The van der Waals surface area contributed by atoms with Gasteiger partial charge < -0.3 is 0 Å². The molecule has 1 saturated heterocycles. The van der Waals surface area contributed by atoms with Crippen LogP contribution in [0, 0.1) is 0 Å². The number of alkyl halides is 3. The molecule has 3 rings (SSSR count). The minimum atomic E-state index is -4.29. The molecule has 0 bridgehead atoms. The number of rotatable bonds is 3. The summed E-state index contributed by atoms with van der Waals surface area (Å²) in [4.78, 5) is 7.00. The maximum absolute atomic E-state index is 12.6. The van der Waals surface area contributed by atoms with E-state index in [9.17, 15) is 13.2 Å². The van der Waals surface area contributed by atoms with Crippen molar-refractivity contribution >= 4 is 0 Å². The Morgan fingerprint density at radius 3 is 2.48 bits per heavy atom. The molecule has 1 aromatic carbocycles. The van der Waals surface area contributed by atoms with Gasteiger partial charge in [-0.2, -0.15) is 13.2 Å². The summed E-state index contributed by atoms with van der Waals surface area (Å²) in [5.74, 6) is 0. The largest absolute Gasteiger partial charge is 0.416 e. The molecule has 5 heteroatoms. The van der Waals surface area contributed by atoms with Crippen LogP contribution in [0.3, 0.4) is 0 Å². The van der Waals surface area contributed by atoms with E-state index in [2.05, 4.69) is 11.9 Å². The van der Waals surface area contributed by atoms with Crippen LogP contribution in [0.2, 0.25) is 0 Å². The van der Waals surface area contributed by atoms with Crippen molar-refractivity contribution in [1.82, 2.24) is 9.88 Å². The first kappa shape index (κ1) is 16.0. The van der Waals surface area contributed by atoms with Crippen LogP contribution in [0.25, 0.3) is 0 Å². The molecule has 0 spiro atoms. The Morgan fingerprint density at radius 1 is 1.13 bits per heavy atom. The fourth-order valence-electron chi connectivity index (χ4n) is 3.09. The van der Waals surface area contributed by atoms with Gasteiger partial charge in [0.1, 0.15) is 0 Å². The van der Waals surface area contributed by atoms with Crippen LogP contribution in [0.4, 0.5) is 13.2 Å². The van der Waals surface area contributed by atoms with Gasteiger partial charge in [0.2, 0.25) is 0 Å². The highest BCUT2D eigenvalue weighted by Gasteiger charge is 2.30. The molecule has 0 unspecified atom stereocenters. The fourth-order valence-corrected chi connectivity index (χ4v) is 3.09. The van der Waals surface area contributed by atoms with Crippen molar-refractivity contribution in [1.29, 1.82) is 0 Å². The van der Waals surface area contributed by atoms with Crippen molar-refractivity contribution in [3.05, 3.63) is 65.0 Å². The standard InChI is InChI=1S/C18H19F3N2/c1-23-11-3-6-17(23)16-5-2-4-15(22-16)12-13-7-9-14(10-8-13)18(19,20)21/h2,4-5,7-10,17H,3,6,11-12H2,1H3/t17-/m1/s1. The quantitative estimate of drug-likeness (QED) is 0.830. The second kappa shape index (κ2) is 6.32. The van der Waals surface area contributed by atoms with Gasteiger partial charge in [-0.25, -0.2) is 0 Å². The highest BCUT2D eigenvalue weighted by molar-refractivity contribution is 5.28. The predicted octanol–water partition coefficient (Wildman–Crippen LogP) is 4.46. The van der Waals surface area contributed by atoms with Gasteiger partial charge >= 0.3 is 6.18 Å². The van der Waals surface area contributed by atoms with Crippen LogP contribution in [0.15, 0.2) is 42.5 Å². The summed E-state index contributed by atoms with van der Waals surface area (Å²) >= 11 is 0. The normalized spacial score (nSPS) is 19.2. The number of aromatic nitrogens is 1. The van der Waals surface area contributed by atoms with Gasteiger partial charge in [0, 0.05) is 12.1 Å². The van der Waals surface area contributed by atoms with Crippen molar-refractivity contribution in [2.75, 3.05) is 13.6 Å². The number of hydrogen-bond acceptors (Lipinski definition) is 2. The third-order valence-electron chi connectivity index (χ3n) is 4.36. The second-order valence-electron chi connectivity index (χ2n) is 6.06. The smallest absolute Gasteiger partial charge is 0.298 e. The van der Waals surface area contributed by atoms with Crippen LogP contribution in [-0.4, -0.2) is 23.5 Å². The van der Waals surface area contributed by atoms with E-state index in [0.717, 1.165) is 42.0 Å². The number of pyridine rings is 1. The lowest BCUT2D eigenvalue weighted by Gasteiger charge is -2.19. The van der Waals surface area contributed by atoms with Gasteiger partial charge in [-0.3, -0.25) is 9.88 Å². The number of nitrogens with zero attached hydrogens (tertiary/aromatic N) is 2. The van der Waals surface area contributed by atoms with E-state index in [1.165, 1.54) is 18.6 Å². The monoisotopic (exact) mass is 320 g/mol. The maximum atomic E-state index is 12.6. The summed E-state index contributed by atoms with van der Waals surface area (Å²) in [6.07, 6.45) is -1.47. The minimum Gasteiger partial charge on any atom is -0.298 e. The molecule has 1 aliphatic heterocycles. The first-order valence-electron chi connectivity index (χ1n) is 7.76. The van der Waals surface area contributed by atoms with E-state index in [1.807, 2.05) is 18.2 Å². The summed E-state index contributed by atoms with van der Waals surface area (Å²) in [5.41, 5.74) is 2.16. The molecule has 1 aromatic heterocycles. The van der Waals surface area contributed by atoms with Crippen molar-refractivity contribution in [3.8, 4) is 0 Å². The Hall–Kier alpha value is -1.88. The molecule has 0 N–H and O–H groups in total. The van der Waals surface area contributed by atoms with Crippen LogP contribution in [-0.2, 0) is 12.6 Å². The van der Waals surface area contributed by atoms with Gasteiger partial charge in [0.05, 0.1) is 17.3 Å². The Labute approximate surface area is 134 Å². The molecule has 1 fully saturated rings. The zero-order valence-corrected chi connectivity index (χ0v) is 13.0. The van der Waals surface area contributed by atoms with Gasteiger partial charge in [0.15, 0.2) is 0 Å². The third kappa shape index (κ3) is 3.72. The molecule has 2 heterocycles. The molecule has 2 aromatic rings. The fraction of sp³-hybridized carbons (Fsp3) is 0.389. The average Bonchev–Trinajstić information content (AvgIpc) is 2.93. The summed E-state index contributed by atoms with van der Waals surface area (Å²) in [6, 6.07) is 11.6. The molecule has 122 valence electrons. The molecule has 23 heavy (non-hydrogen) atoms. The van der Waals surface area contributed by atoms with Crippen molar-refractivity contribution in [3.63, 3.8) is 0 Å². The number of likely N-dealkylation sites (tertiary alicyclic amines) is 1. The molecular formula is C18H19F3N2. The van der Waals surface area contributed by atoms with Gasteiger partial charge in [-0.1, -0.05) is 18.2 Å². The van der Waals surface area contributed by atoms with Crippen LogP contribution >= 0.6 is 0 Å². The van der Waals surface area contributed by atoms with Crippen LogP contribution in [0.5, 0.6) is 0 Å². The summed E-state index contributed by atoms with van der Waals surface area (Å²) < 4.78 is 37.8. The second-order valence-corrected chi connectivity index (χ2v) is 6.06. The predicted molar refractivity (Wildman–Crippen MR) is 83.1 cm³/mol. The maximum Gasteiger partial charge on any atom is 0.416 e. The Kier molecular flexibility index (Phi) is 4.39. The van der Waals surface area contributed by atoms with E-state index in [0.29, 0.717) is 12.5 Å². The van der Waals surface area contributed by atoms with E-state index in [4.69, 9.17) is 4.98 Å². The first-order valence-corrected chi connectivity index (χ1v) is 7.76. The molecular weight excluding hydrogens is 301 g/mol. The lowest BCUT2D eigenvalue weighted by molar-refractivity contribution is -0.137. The molecule has 0 saturated carbocycles. The minimum absolute atomic E-state index is 0.350. The van der Waals surface area contributed by atoms with Crippen molar-refractivity contribution in [2.45, 2.75) is 31.5 Å². The SMILES string of the molecule is CN1CCC[C@@H]1c1cccc(Cc2ccc(C(F)(F)F)cc2)n1. The molecule has 1 aliphatic rings. The zero-order valence-electron chi connectivity index (χ0n) is 13.0. The van der Waals surface area contributed by atoms with Gasteiger partial charge in [-0.15, -0.1) is 0 Å². The first-order chi connectivity index (χ1) is 10.9. The van der Waals surface area contributed by atoms with Crippen LogP contribution in [0.1, 0.15) is 41.4 Å². The molecule has 0 aliphatic carbocycles. The number of halogens is 3. The Balaban J connectivity index is 1.75. The Morgan fingerprint density at radius 2 is 1.87 bits per heavy atom. The Bertz CT molecular complexity index is 665. The van der Waals surface area contributed by atoms with E-state index in [1.54, 1.807) is 0 Å². The van der Waals surface area contributed by atoms with Gasteiger partial charge in [0.25, 0.3) is 0 Å². The average molecular weight is 320 g/mol. The number of hydrogen-bond donors (Lipinski definition) is 0. The highest BCUT2D eigenvalue weighted by atomic mass is 19.4. The lowest BCUT2D eigenvalue weighted by Crippen LogP contribution is -2.18. The van der Waals surface area contributed by atoms with Crippen molar-refractivity contribution < 1.29 is 13.2 Å². The van der Waals surface area contributed by atoms with E-state index >= 15 is 0 Å². The number of benzene rings is 1. The molecule has 0 amide bonds. The summed E-state index contributed by atoms with van der Waals surface area (Å²) in [6.45, 7) is 1.08. The highest BCUT2D eigenvalue weighted by Crippen LogP contribution is 2.30. The molecule has 0 radical (unpaired) electrons. The van der Waals surface area contributed by atoms with Gasteiger partial charge in [-0.05, 0) is 56.3 Å². The molecule has 1 atom stereocenters. The van der Waals surface area contributed by atoms with E-state index < -0.39 is 11.7 Å². The summed E-state index contributed by atoms with van der Waals surface area (Å²) in [7, 11) is 2.10. The lowest BCUT2D eigenvalue weighted by atomic mass is 10.1. The zero-order chi connectivity index (χ0) is 16.4. The van der Waals surface area contributed by atoms with Crippen molar-refractivity contribution in [2.24, 2.45) is 0 Å².